The second kappa shape index (κ2) is 8.84. The van der Waals surface area contributed by atoms with E-state index in [2.05, 4.69) is 5.32 Å². The number of anilines is 1. The van der Waals surface area contributed by atoms with Gasteiger partial charge in [0.1, 0.15) is 5.75 Å². The maximum atomic E-state index is 12.3. The molecule has 0 saturated carbocycles. The zero-order valence-corrected chi connectivity index (χ0v) is 16.3. The summed E-state index contributed by atoms with van der Waals surface area (Å²) in [6, 6.07) is 8.06. The fraction of sp³-hybridized carbons (Fsp3) is 0.300. The van der Waals surface area contributed by atoms with Crippen LogP contribution in [0, 0.1) is 6.92 Å². The third-order valence-electron chi connectivity index (χ3n) is 4.07. The predicted molar refractivity (Wildman–Crippen MR) is 104 cm³/mol. The molecule has 0 aromatic heterocycles. The van der Waals surface area contributed by atoms with Crippen LogP contribution in [0.25, 0.3) is 0 Å². The van der Waals surface area contributed by atoms with E-state index in [1.54, 1.807) is 30.3 Å². The van der Waals surface area contributed by atoms with Crippen molar-refractivity contribution in [2.45, 2.75) is 13.3 Å². The molecular formula is C20H20ClNO6. The number of nitrogens with one attached hydrogen (secondary N) is 1. The van der Waals surface area contributed by atoms with Crippen molar-refractivity contribution >= 4 is 29.2 Å². The number of fused-ring (bicyclic) bond motifs is 1. The van der Waals surface area contributed by atoms with Crippen LogP contribution in [0.15, 0.2) is 30.3 Å². The highest BCUT2D eigenvalue weighted by Gasteiger charge is 2.17. The van der Waals surface area contributed by atoms with E-state index in [4.69, 9.17) is 30.5 Å². The normalized spacial score (nSPS) is 12.7. The molecule has 7 nitrogen and oxygen atoms in total. The van der Waals surface area contributed by atoms with Crippen LogP contribution >= 0.6 is 11.6 Å². The van der Waals surface area contributed by atoms with E-state index < -0.39 is 18.5 Å². The number of amides is 1. The first-order chi connectivity index (χ1) is 13.5. The highest BCUT2D eigenvalue weighted by atomic mass is 35.5. The van der Waals surface area contributed by atoms with Gasteiger partial charge in [-0.1, -0.05) is 11.6 Å². The maximum absolute atomic E-state index is 12.3. The third-order valence-corrected chi connectivity index (χ3v) is 4.48. The zero-order chi connectivity index (χ0) is 20.1. The van der Waals surface area contributed by atoms with Gasteiger partial charge in [0.2, 0.25) is 0 Å². The second-order valence-electron chi connectivity index (χ2n) is 6.14. The summed E-state index contributed by atoms with van der Waals surface area (Å²) >= 11 is 6.05. The lowest BCUT2D eigenvalue weighted by Crippen LogP contribution is -2.21. The van der Waals surface area contributed by atoms with Gasteiger partial charge in [0.25, 0.3) is 5.91 Å². The molecule has 148 valence electrons. The molecule has 1 heterocycles. The van der Waals surface area contributed by atoms with Crippen LogP contribution in [0.1, 0.15) is 22.3 Å². The largest absolute Gasteiger partial charge is 0.495 e. The number of carbonyl (C=O) groups is 2. The van der Waals surface area contributed by atoms with Crippen LogP contribution in [0.5, 0.6) is 17.2 Å². The lowest BCUT2D eigenvalue weighted by molar-refractivity contribution is -0.119. The fourth-order valence-electron chi connectivity index (χ4n) is 2.62. The first-order valence-electron chi connectivity index (χ1n) is 8.68. The summed E-state index contributed by atoms with van der Waals surface area (Å²) in [6.07, 6.45) is 0.766. The standard InChI is InChI=1S/C20H20ClNO6/c1-12-8-15(17(25-2)10-14(12)21)22-19(23)11-28-20(24)13-4-5-16-18(9-13)27-7-3-6-26-16/h4-5,8-10H,3,6-7,11H2,1-2H3,(H,22,23). The Bertz CT molecular complexity index is 899. The minimum Gasteiger partial charge on any atom is -0.495 e. The molecule has 0 spiro atoms. The van der Waals surface area contributed by atoms with Crippen molar-refractivity contribution in [2.75, 3.05) is 32.2 Å². The topological polar surface area (TPSA) is 83.1 Å². The molecule has 0 atom stereocenters. The number of rotatable bonds is 5. The van der Waals surface area contributed by atoms with E-state index in [1.165, 1.54) is 7.11 Å². The van der Waals surface area contributed by atoms with Crippen LogP contribution in [-0.4, -0.2) is 38.8 Å². The summed E-state index contributed by atoms with van der Waals surface area (Å²) in [4.78, 5) is 24.4. The molecule has 0 saturated heterocycles. The van der Waals surface area contributed by atoms with Crippen LogP contribution in [0.2, 0.25) is 5.02 Å². The van der Waals surface area contributed by atoms with E-state index in [0.29, 0.717) is 41.2 Å². The Labute approximate surface area is 167 Å². The van der Waals surface area contributed by atoms with Crippen LogP contribution < -0.4 is 19.5 Å². The SMILES string of the molecule is COc1cc(Cl)c(C)cc1NC(=O)COC(=O)c1ccc2c(c1)OCCCO2. The van der Waals surface area contributed by atoms with Gasteiger partial charge >= 0.3 is 5.97 Å². The van der Waals surface area contributed by atoms with Crippen LogP contribution in [0.4, 0.5) is 5.69 Å². The summed E-state index contributed by atoms with van der Waals surface area (Å²) < 4.78 is 21.4. The molecule has 1 amide bonds. The van der Waals surface area contributed by atoms with Crippen LogP contribution in [-0.2, 0) is 9.53 Å². The van der Waals surface area contributed by atoms with Crippen molar-refractivity contribution < 1.29 is 28.5 Å². The third kappa shape index (κ3) is 4.67. The minimum absolute atomic E-state index is 0.275. The van der Waals surface area contributed by atoms with Crippen LogP contribution in [0.3, 0.4) is 0 Å². The number of hydrogen-bond donors (Lipinski definition) is 1. The average molecular weight is 406 g/mol. The first-order valence-corrected chi connectivity index (χ1v) is 9.06. The maximum Gasteiger partial charge on any atom is 0.338 e. The van der Waals surface area contributed by atoms with Crippen molar-refractivity contribution in [2.24, 2.45) is 0 Å². The monoisotopic (exact) mass is 405 g/mol. The fourth-order valence-corrected chi connectivity index (χ4v) is 2.77. The molecule has 1 N–H and O–H groups in total. The molecule has 2 aromatic carbocycles. The number of hydrogen-bond acceptors (Lipinski definition) is 6. The molecule has 28 heavy (non-hydrogen) atoms. The van der Waals surface area contributed by atoms with Gasteiger partial charge in [0, 0.05) is 17.5 Å². The Hall–Kier alpha value is -2.93. The van der Waals surface area contributed by atoms with Gasteiger partial charge in [-0.3, -0.25) is 4.79 Å². The van der Waals surface area contributed by atoms with E-state index in [-0.39, 0.29) is 5.56 Å². The molecule has 0 bridgehead atoms. The number of carbonyl (C=O) groups excluding carboxylic acids is 2. The van der Waals surface area contributed by atoms with Gasteiger partial charge in [-0.15, -0.1) is 0 Å². The number of methoxy groups -OCH3 is 1. The van der Waals surface area contributed by atoms with Crippen molar-refractivity contribution in [1.82, 2.24) is 0 Å². The highest BCUT2D eigenvalue weighted by molar-refractivity contribution is 6.31. The van der Waals surface area contributed by atoms with Crippen molar-refractivity contribution in [3.05, 3.63) is 46.5 Å². The molecule has 0 fully saturated rings. The van der Waals surface area contributed by atoms with E-state index >= 15 is 0 Å². The number of benzene rings is 2. The molecule has 1 aliphatic heterocycles. The molecule has 3 rings (SSSR count). The van der Waals surface area contributed by atoms with Gasteiger partial charge in [-0.2, -0.15) is 0 Å². The number of halogens is 1. The molecule has 0 radical (unpaired) electrons. The molecule has 1 aliphatic rings. The predicted octanol–water partition coefficient (Wildman–Crippen LogP) is 3.61. The van der Waals surface area contributed by atoms with Gasteiger partial charge in [0.05, 0.1) is 31.6 Å². The lowest BCUT2D eigenvalue weighted by atomic mass is 10.2. The smallest absolute Gasteiger partial charge is 0.338 e. The number of aryl methyl sites for hydroxylation is 1. The van der Waals surface area contributed by atoms with Gasteiger partial charge < -0.3 is 24.3 Å². The number of esters is 1. The highest BCUT2D eigenvalue weighted by Crippen LogP contribution is 2.32. The summed E-state index contributed by atoms with van der Waals surface area (Å²) in [7, 11) is 1.47. The minimum atomic E-state index is -0.634. The molecular weight excluding hydrogens is 386 g/mol. The Kier molecular flexibility index (Phi) is 6.26. The Balaban J connectivity index is 1.61. The Morgan fingerprint density at radius 1 is 1.14 bits per heavy atom. The molecule has 2 aromatic rings. The zero-order valence-electron chi connectivity index (χ0n) is 15.5. The summed E-state index contributed by atoms with van der Waals surface area (Å²) in [5.74, 6) is 0.348. The lowest BCUT2D eigenvalue weighted by Gasteiger charge is -2.13. The van der Waals surface area contributed by atoms with E-state index in [9.17, 15) is 9.59 Å². The summed E-state index contributed by atoms with van der Waals surface area (Å²) in [5.41, 5.74) is 1.50. The molecule has 0 aliphatic carbocycles. The molecule has 0 unspecified atom stereocenters. The average Bonchev–Trinajstić information content (AvgIpc) is 2.93. The van der Waals surface area contributed by atoms with Gasteiger partial charge in [-0.25, -0.2) is 4.79 Å². The van der Waals surface area contributed by atoms with Gasteiger partial charge in [0.15, 0.2) is 18.1 Å². The quantitative estimate of drug-likeness (QED) is 0.765. The number of ether oxygens (including phenoxy) is 4. The van der Waals surface area contributed by atoms with Crippen molar-refractivity contribution in [3.63, 3.8) is 0 Å². The van der Waals surface area contributed by atoms with Crippen molar-refractivity contribution in [3.8, 4) is 17.2 Å². The molecule has 8 heteroatoms. The Morgan fingerprint density at radius 2 is 1.89 bits per heavy atom. The second-order valence-corrected chi connectivity index (χ2v) is 6.55. The van der Waals surface area contributed by atoms with Gasteiger partial charge in [-0.05, 0) is 36.8 Å². The van der Waals surface area contributed by atoms with E-state index in [1.807, 2.05) is 6.92 Å². The Morgan fingerprint density at radius 3 is 2.64 bits per heavy atom. The summed E-state index contributed by atoms with van der Waals surface area (Å²) in [5, 5.41) is 3.17. The van der Waals surface area contributed by atoms with Crippen molar-refractivity contribution in [1.29, 1.82) is 0 Å². The first kappa shape index (κ1) is 19.8. The van der Waals surface area contributed by atoms with E-state index in [0.717, 1.165) is 12.0 Å². The summed E-state index contributed by atoms with van der Waals surface area (Å²) in [6.45, 7) is 2.43.